The summed E-state index contributed by atoms with van der Waals surface area (Å²) in [6.45, 7) is 2.24. The van der Waals surface area contributed by atoms with Crippen molar-refractivity contribution in [1.82, 2.24) is 5.32 Å². The summed E-state index contributed by atoms with van der Waals surface area (Å²) in [5.41, 5.74) is 3.66. The summed E-state index contributed by atoms with van der Waals surface area (Å²) in [4.78, 5) is 27.6. The third kappa shape index (κ3) is 6.82. The number of carbonyl (C=O) groups is 2. The Kier molecular flexibility index (Phi) is 8.31. The molecule has 4 rings (SSSR count). The number of methoxy groups -OCH3 is 1. The minimum absolute atomic E-state index is 0.0879. The molecule has 1 atom stereocenters. The lowest BCUT2D eigenvalue weighted by Crippen LogP contribution is -2.30. The van der Waals surface area contributed by atoms with Crippen LogP contribution in [0.3, 0.4) is 0 Å². The van der Waals surface area contributed by atoms with Gasteiger partial charge in [-0.3, -0.25) is 9.59 Å². The van der Waals surface area contributed by atoms with E-state index in [0.29, 0.717) is 5.69 Å². The van der Waals surface area contributed by atoms with E-state index >= 15 is 0 Å². The van der Waals surface area contributed by atoms with Crippen molar-refractivity contribution >= 4 is 17.5 Å². The van der Waals surface area contributed by atoms with Gasteiger partial charge in [0.25, 0.3) is 5.91 Å². The predicted octanol–water partition coefficient (Wildman–Crippen LogP) is 6.10. The molecule has 0 bridgehead atoms. The lowest BCUT2D eigenvalue weighted by atomic mass is 10.1. The molecule has 0 saturated heterocycles. The fourth-order valence-electron chi connectivity index (χ4n) is 4.07. The molecule has 0 aliphatic heterocycles. The van der Waals surface area contributed by atoms with Gasteiger partial charge in [0.1, 0.15) is 11.6 Å². The molecule has 1 N–H and O–H groups in total. The molecule has 0 unspecified atom stereocenters. The molecule has 6 heteroatoms. The minimum atomic E-state index is -0.471. The number of carbonyl (C=O) groups excluding carboxylic acids is 2. The van der Waals surface area contributed by atoms with Gasteiger partial charge in [-0.05, 0) is 66.1 Å². The lowest BCUT2D eigenvalue weighted by Gasteiger charge is -2.24. The van der Waals surface area contributed by atoms with Gasteiger partial charge in [-0.1, -0.05) is 60.7 Å². The molecule has 0 radical (unpaired) electrons. The fraction of sp³-hybridized carbons (Fsp3) is 0.161. The van der Waals surface area contributed by atoms with Gasteiger partial charge < -0.3 is 15.0 Å². The van der Waals surface area contributed by atoms with Crippen LogP contribution >= 0.6 is 0 Å². The topological polar surface area (TPSA) is 58.6 Å². The zero-order chi connectivity index (χ0) is 26.2. The molecule has 188 valence electrons. The first kappa shape index (κ1) is 25.6. The van der Waals surface area contributed by atoms with E-state index in [2.05, 4.69) is 5.32 Å². The van der Waals surface area contributed by atoms with Crippen LogP contribution in [-0.2, 0) is 17.8 Å². The SMILES string of the molecule is COc1ccc(CN(C(=O)c2cccc(F)c2)c2ccc(CC(=O)N[C@@H](C)c3ccccc3)cc2)cc1. The van der Waals surface area contributed by atoms with Crippen molar-refractivity contribution in [2.45, 2.75) is 25.9 Å². The Balaban J connectivity index is 1.51. The van der Waals surface area contributed by atoms with Crippen LogP contribution in [0.5, 0.6) is 5.75 Å². The number of ether oxygens (including phenoxy) is 1. The third-order valence-corrected chi connectivity index (χ3v) is 6.11. The summed E-state index contributed by atoms with van der Waals surface area (Å²) < 4.78 is 19.1. The second kappa shape index (κ2) is 12.0. The number of amides is 2. The summed E-state index contributed by atoms with van der Waals surface area (Å²) >= 11 is 0. The average molecular weight is 497 g/mol. The van der Waals surface area contributed by atoms with E-state index in [1.165, 1.54) is 18.2 Å². The Labute approximate surface area is 216 Å². The van der Waals surface area contributed by atoms with Gasteiger partial charge in [0.2, 0.25) is 5.91 Å². The van der Waals surface area contributed by atoms with Crippen molar-refractivity contribution in [2.75, 3.05) is 12.0 Å². The molecule has 0 aromatic heterocycles. The average Bonchev–Trinajstić information content (AvgIpc) is 2.92. The van der Waals surface area contributed by atoms with Gasteiger partial charge in [0.15, 0.2) is 0 Å². The van der Waals surface area contributed by atoms with Crippen LogP contribution < -0.4 is 15.0 Å². The maximum atomic E-state index is 13.9. The molecule has 0 fully saturated rings. The highest BCUT2D eigenvalue weighted by Crippen LogP contribution is 2.23. The van der Waals surface area contributed by atoms with Gasteiger partial charge in [0, 0.05) is 11.3 Å². The van der Waals surface area contributed by atoms with Crippen LogP contribution in [-0.4, -0.2) is 18.9 Å². The molecule has 0 spiro atoms. The van der Waals surface area contributed by atoms with E-state index in [-0.39, 0.29) is 36.4 Å². The molecule has 4 aromatic rings. The van der Waals surface area contributed by atoms with Gasteiger partial charge in [-0.25, -0.2) is 4.39 Å². The quantitative estimate of drug-likeness (QED) is 0.305. The summed E-state index contributed by atoms with van der Waals surface area (Å²) in [5, 5.41) is 3.02. The molecule has 37 heavy (non-hydrogen) atoms. The number of nitrogens with zero attached hydrogens (tertiary/aromatic N) is 1. The highest BCUT2D eigenvalue weighted by molar-refractivity contribution is 6.06. The lowest BCUT2D eigenvalue weighted by molar-refractivity contribution is -0.121. The van der Waals surface area contributed by atoms with Crippen molar-refractivity contribution < 1.29 is 18.7 Å². The van der Waals surface area contributed by atoms with E-state index in [9.17, 15) is 14.0 Å². The predicted molar refractivity (Wildman–Crippen MR) is 143 cm³/mol. The monoisotopic (exact) mass is 496 g/mol. The summed E-state index contributed by atoms with van der Waals surface area (Å²) in [6.07, 6.45) is 0.216. The van der Waals surface area contributed by atoms with Crippen LogP contribution in [0.4, 0.5) is 10.1 Å². The van der Waals surface area contributed by atoms with Crippen molar-refractivity contribution in [3.05, 3.63) is 131 Å². The maximum absolute atomic E-state index is 13.9. The van der Waals surface area contributed by atoms with Gasteiger partial charge in [-0.2, -0.15) is 0 Å². The Morgan fingerprint density at radius 2 is 1.54 bits per heavy atom. The molecule has 4 aromatic carbocycles. The van der Waals surface area contributed by atoms with Crippen LogP contribution in [0.15, 0.2) is 103 Å². The Morgan fingerprint density at radius 3 is 2.19 bits per heavy atom. The molecule has 0 aliphatic carbocycles. The first-order valence-electron chi connectivity index (χ1n) is 12.1. The number of benzene rings is 4. The largest absolute Gasteiger partial charge is 0.497 e. The Hall–Kier alpha value is -4.45. The van der Waals surface area contributed by atoms with Crippen LogP contribution in [0.1, 0.15) is 40.0 Å². The highest BCUT2D eigenvalue weighted by Gasteiger charge is 2.19. The molecular formula is C31H29FN2O3. The third-order valence-electron chi connectivity index (χ3n) is 6.11. The Morgan fingerprint density at radius 1 is 0.865 bits per heavy atom. The smallest absolute Gasteiger partial charge is 0.258 e. The second-order valence-corrected chi connectivity index (χ2v) is 8.79. The standard InChI is InChI=1S/C31H29FN2O3/c1-22(25-7-4-3-5-8-25)33-30(35)19-23-11-15-28(16-12-23)34(21-24-13-17-29(37-2)18-14-24)31(36)26-9-6-10-27(32)20-26/h3-18,20,22H,19,21H2,1-2H3,(H,33,35)/t22-/m0/s1. The zero-order valence-corrected chi connectivity index (χ0v) is 20.9. The van der Waals surface area contributed by atoms with Gasteiger partial charge in [0.05, 0.1) is 26.1 Å². The van der Waals surface area contributed by atoms with E-state index in [1.54, 1.807) is 18.1 Å². The number of anilines is 1. The summed E-state index contributed by atoms with van der Waals surface area (Å²) in [5.74, 6) is -0.162. The first-order chi connectivity index (χ1) is 17.9. The minimum Gasteiger partial charge on any atom is -0.497 e. The molecule has 0 heterocycles. The number of nitrogens with one attached hydrogen (secondary N) is 1. The maximum Gasteiger partial charge on any atom is 0.258 e. The van der Waals surface area contributed by atoms with E-state index in [4.69, 9.17) is 4.74 Å². The van der Waals surface area contributed by atoms with Crippen molar-refractivity contribution in [3.63, 3.8) is 0 Å². The zero-order valence-electron chi connectivity index (χ0n) is 20.9. The van der Waals surface area contributed by atoms with Crippen LogP contribution in [0.25, 0.3) is 0 Å². The van der Waals surface area contributed by atoms with Crippen molar-refractivity contribution in [3.8, 4) is 5.75 Å². The second-order valence-electron chi connectivity index (χ2n) is 8.79. The molecular weight excluding hydrogens is 467 g/mol. The molecule has 0 saturated carbocycles. The summed E-state index contributed by atoms with van der Waals surface area (Å²) in [6, 6.07) is 30.1. The number of hydrogen-bond acceptors (Lipinski definition) is 3. The summed E-state index contributed by atoms with van der Waals surface area (Å²) in [7, 11) is 1.60. The first-order valence-corrected chi connectivity index (χ1v) is 12.1. The number of hydrogen-bond donors (Lipinski definition) is 1. The van der Waals surface area contributed by atoms with Crippen LogP contribution in [0, 0.1) is 5.82 Å². The van der Waals surface area contributed by atoms with Gasteiger partial charge >= 0.3 is 0 Å². The number of rotatable bonds is 9. The Bertz CT molecular complexity index is 1340. The van der Waals surface area contributed by atoms with Crippen molar-refractivity contribution in [2.24, 2.45) is 0 Å². The van der Waals surface area contributed by atoms with E-state index in [1.807, 2.05) is 85.8 Å². The van der Waals surface area contributed by atoms with Crippen molar-refractivity contribution in [1.29, 1.82) is 0 Å². The highest BCUT2D eigenvalue weighted by atomic mass is 19.1. The van der Waals surface area contributed by atoms with Gasteiger partial charge in [-0.15, -0.1) is 0 Å². The van der Waals surface area contributed by atoms with E-state index in [0.717, 1.165) is 22.4 Å². The number of halogens is 1. The van der Waals surface area contributed by atoms with E-state index < -0.39 is 5.82 Å². The molecule has 0 aliphatic rings. The van der Waals surface area contributed by atoms with Crippen LogP contribution in [0.2, 0.25) is 0 Å². The normalized spacial score (nSPS) is 11.4. The molecule has 2 amide bonds. The molecule has 5 nitrogen and oxygen atoms in total. The fourth-order valence-corrected chi connectivity index (χ4v) is 4.07.